The number of amides is 2. The van der Waals surface area contributed by atoms with Gasteiger partial charge in [-0.1, -0.05) is 39.5 Å². The Kier molecular flexibility index (Phi) is 10.2. The van der Waals surface area contributed by atoms with Crippen molar-refractivity contribution < 1.29 is 9.59 Å². The standard InChI is InChI=1S/C14H29N3O2/c1-3-4-5-9-12(13(16)18)17-14(19)11(2)8-6-7-10-15/h11-12H,3-10,15H2,1-2H3,(H2,16,18)(H,17,19). The molecule has 0 fully saturated rings. The van der Waals surface area contributed by atoms with Crippen molar-refractivity contribution in [3.8, 4) is 0 Å². The Morgan fingerprint density at radius 1 is 1.11 bits per heavy atom. The average molecular weight is 271 g/mol. The van der Waals surface area contributed by atoms with Crippen LogP contribution in [-0.2, 0) is 9.59 Å². The Hall–Kier alpha value is -1.10. The molecule has 0 aromatic heterocycles. The minimum Gasteiger partial charge on any atom is -0.368 e. The molecule has 0 aromatic carbocycles. The zero-order valence-electron chi connectivity index (χ0n) is 12.3. The van der Waals surface area contributed by atoms with Crippen LogP contribution in [0.2, 0.25) is 0 Å². The van der Waals surface area contributed by atoms with Crippen molar-refractivity contribution in [2.75, 3.05) is 6.54 Å². The molecule has 112 valence electrons. The smallest absolute Gasteiger partial charge is 0.239 e. The van der Waals surface area contributed by atoms with E-state index in [2.05, 4.69) is 12.2 Å². The van der Waals surface area contributed by atoms with Crippen molar-refractivity contribution in [2.24, 2.45) is 17.4 Å². The van der Waals surface area contributed by atoms with Gasteiger partial charge in [-0.05, 0) is 25.8 Å². The fourth-order valence-corrected chi connectivity index (χ4v) is 1.92. The normalized spacial score (nSPS) is 13.8. The summed E-state index contributed by atoms with van der Waals surface area (Å²) in [5.41, 5.74) is 10.7. The lowest BCUT2D eigenvalue weighted by atomic mass is 10.0. The average Bonchev–Trinajstić information content (AvgIpc) is 2.37. The molecule has 0 rings (SSSR count). The second-order valence-corrected chi connectivity index (χ2v) is 5.14. The van der Waals surface area contributed by atoms with Gasteiger partial charge in [0.25, 0.3) is 0 Å². The van der Waals surface area contributed by atoms with Gasteiger partial charge >= 0.3 is 0 Å². The molecule has 0 heterocycles. The van der Waals surface area contributed by atoms with Crippen LogP contribution in [0.4, 0.5) is 0 Å². The van der Waals surface area contributed by atoms with Gasteiger partial charge in [0.05, 0.1) is 0 Å². The number of nitrogens with one attached hydrogen (secondary N) is 1. The number of nitrogens with two attached hydrogens (primary N) is 2. The van der Waals surface area contributed by atoms with Crippen molar-refractivity contribution in [2.45, 2.75) is 64.8 Å². The van der Waals surface area contributed by atoms with Crippen molar-refractivity contribution in [1.82, 2.24) is 5.32 Å². The molecular weight excluding hydrogens is 242 g/mol. The first-order valence-corrected chi connectivity index (χ1v) is 7.32. The highest BCUT2D eigenvalue weighted by molar-refractivity contribution is 5.87. The lowest BCUT2D eigenvalue weighted by molar-refractivity contribution is -0.129. The summed E-state index contributed by atoms with van der Waals surface area (Å²) >= 11 is 0. The third kappa shape index (κ3) is 8.59. The SMILES string of the molecule is CCCCCC(NC(=O)C(C)CCCCN)C(N)=O. The Bertz CT molecular complexity index is 269. The summed E-state index contributed by atoms with van der Waals surface area (Å²) in [6.45, 7) is 4.61. The molecule has 0 aliphatic rings. The maximum atomic E-state index is 11.9. The highest BCUT2D eigenvalue weighted by Gasteiger charge is 2.20. The van der Waals surface area contributed by atoms with Gasteiger partial charge in [-0.2, -0.15) is 0 Å². The van der Waals surface area contributed by atoms with Gasteiger partial charge in [0.1, 0.15) is 6.04 Å². The molecular formula is C14H29N3O2. The topological polar surface area (TPSA) is 98.2 Å². The molecule has 5 heteroatoms. The predicted octanol–water partition coefficient (Wildman–Crippen LogP) is 1.30. The van der Waals surface area contributed by atoms with Gasteiger partial charge in [-0.15, -0.1) is 0 Å². The van der Waals surface area contributed by atoms with E-state index >= 15 is 0 Å². The van der Waals surface area contributed by atoms with Crippen LogP contribution in [-0.4, -0.2) is 24.4 Å². The van der Waals surface area contributed by atoms with Gasteiger partial charge in [-0.3, -0.25) is 9.59 Å². The minimum absolute atomic E-state index is 0.0858. The van der Waals surface area contributed by atoms with E-state index in [4.69, 9.17) is 11.5 Å². The zero-order valence-corrected chi connectivity index (χ0v) is 12.3. The summed E-state index contributed by atoms with van der Waals surface area (Å²) in [6.07, 6.45) is 6.32. The molecule has 0 aromatic rings. The number of carbonyl (C=O) groups is 2. The van der Waals surface area contributed by atoms with Gasteiger partial charge in [0.2, 0.25) is 11.8 Å². The number of carbonyl (C=O) groups excluding carboxylic acids is 2. The quantitative estimate of drug-likeness (QED) is 0.494. The van der Waals surface area contributed by atoms with E-state index in [1.165, 1.54) is 0 Å². The van der Waals surface area contributed by atoms with E-state index in [0.717, 1.165) is 38.5 Å². The van der Waals surface area contributed by atoms with Crippen LogP contribution < -0.4 is 16.8 Å². The molecule has 0 saturated heterocycles. The third-order valence-electron chi connectivity index (χ3n) is 3.30. The summed E-state index contributed by atoms with van der Waals surface area (Å²) in [5, 5.41) is 2.76. The Labute approximate surface area is 116 Å². The fourth-order valence-electron chi connectivity index (χ4n) is 1.92. The molecule has 2 unspecified atom stereocenters. The third-order valence-corrected chi connectivity index (χ3v) is 3.30. The molecule has 0 aliphatic heterocycles. The summed E-state index contributed by atoms with van der Waals surface area (Å²) in [4.78, 5) is 23.2. The Balaban J connectivity index is 4.11. The van der Waals surface area contributed by atoms with E-state index in [1.807, 2.05) is 6.92 Å². The summed E-state index contributed by atoms with van der Waals surface area (Å²) in [6, 6.07) is -0.531. The monoisotopic (exact) mass is 271 g/mol. The summed E-state index contributed by atoms with van der Waals surface area (Å²) in [7, 11) is 0. The van der Waals surface area contributed by atoms with Crippen molar-refractivity contribution in [3.63, 3.8) is 0 Å². The predicted molar refractivity (Wildman–Crippen MR) is 77.3 cm³/mol. The van der Waals surface area contributed by atoms with Crippen molar-refractivity contribution in [3.05, 3.63) is 0 Å². The van der Waals surface area contributed by atoms with Crippen LogP contribution in [0.15, 0.2) is 0 Å². The molecule has 19 heavy (non-hydrogen) atoms. The number of rotatable bonds is 11. The summed E-state index contributed by atoms with van der Waals surface area (Å²) < 4.78 is 0. The highest BCUT2D eigenvalue weighted by Crippen LogP contribution is 2.09. The van der Waals surface area contributed by atoms with E-state index in [9.17, 15) is 9.59 Å². The Morgan fingerprint density at radius 3 is 2.26 bits per heavy atom. The van der Waals surface area contributed by atoms with Crippen LogP contribution in [0.1, 0.15) is 58.8 Å². The first-order chi connectivity index (χ1) is 9.02. The van der Waals surface area contributed by atoms with Gasteiger partial charge < -0.3 is 16.8 Å². The first-order valence-electron chi connectivity index (χ1n) is 7.32. The molecule has 2 atom stereocenters. The number of primary amides is 1. The minimum atomic E-state index is -0.531. The van der Waals surface area contributed by atoms with E-state index in [-0.39, 0.29) is 11.8 Å². The zero-order chi connectivity index (χ0) is 14.7. The molecule has 5 N–H and O–H groups in total. The van der Waals surface area contributed by atoms with Crippen molar-refractivity contribution in [1.29, 1.82) is 0 Å². The van der Waals surface area contributed by atoms with Crippen LogP contribution in [0, 0.1) is 5.92 Å². The molecule has 0 aliphatic carbocycles. The van der Waals surface area contributed by atoms with Crippen LogP contribution in [0.5, 0.6) is 0 Å². The van der Waals surface area contributed by atoms with E-state index < -0.39 is 11.9 Å². The van der Waals surface area contributed by atoms with Crippen molar-refractivity contribution >= 4 is 11.8 Å². The molecule has 2 amide bonds. The second-order valence-electron chi connectivity index (χ2n) is 5.14. The fraction of sp³-hybridized carbons (Fsp3) is 0.857. The van der Waals surface area contributed by atoms with E-state index in [0.29, 0.717) is 13.0 Å². The lowest BCUT2D eigenvalue weighted by Crippen LogP contribution is -2.46. The molecule has 0 spiro atoms. The van der Waals surface area contributed by atoms with Gasteiger partial charge in [0.15, 0.2) is 0 Å². The lowest BCUT2D eigenvalue weighted by Gasteiger charge is -2.18. The maximum Gasteiger partial charge on any atom is 0.239 e. The maximum absolute atomic E-state index is 11.9. The molecule has 5 nitrogen and oxygen atoms in total. The van der Waals surface area contributed by atoms with Crippen LogP contribution in [0.3, 0.4) is 0 Å². The highest BCUT2D eigenvalue weighted by atomic mass is 16.2. The molecule has 0 bridgehead atoms. The largest absolute Gasteiger partial charge is 0.368 e. The first kappa shape index (κ1) is 17.9. The van der Waals surface area contributed by atoms with E-state index in [1.54, 1.807) is 0 Å². The van der Waals surface area contributed by atoms with Gasteiger partial charge in [0, 0.05) is 5.92 Å². The molecule has 0 saturated carbocycles. The number of hydrogen-bond donors (Lipinski definition) is 3. The number of unbranched alkanes of at least 4 members (excludes halogenated alkanes) is 3. The van der Waals surface area contributed by atoms with Crippen LogP contribution >= 0.6 is 0 Å². The van der Waals surface area contributed by atoms with Gasteiger partial charge in [-0.25, -0.2) is 0 Å². The number of hydrogen-bond acceptors (Lipinski definition) is 3. The van der Waals surface area contributed by atoms with Crippen LogP contribution in [0.25, 0.3) is 0 Å². The second kappa shape index (κ2) is 10.8. The summed E-state index contributed by atoms with van der Waals surface area (Å²) in [5.74, 6) is -0.629. The Morgan fingerprint density at radius 2 is 1.74 bits per heavy atom. The molecule has 0 radical (unpaired) electrons.